The van der Waals surface area contributed by atoms with Crippen LogP contribution in [0.25, 0.3) is 0 Å². The molecule has 1 aromatic rings. The van der Waals surface area contributed by atoms with Crippen LogP contribution < -0.4 is 14.8 Å². The van der Waals surface area contributed by atoms with Crippen LogP contribution in [0.15, 0.2) is 24.3 Å². The fourth-order valence-electron chi connectivity index (χ4n) is 1.16. The van der Waals surface area contributed by atoms with Gasteiger partial charge in [0, 0.05) is 37.4 Å². The lowest BCUT2D eigenvalue weighted by atomic mass is 10.3. The van der Waals surface area contributed by atoms with Crippen LogP contribution >= 0.6 is 0 Å². The van der Waals surface area contributed by atoms with Gasteiger partial charge in [-0.1, -0.05) is 6.07 Å². The molecule has 0 fully saturated rings. The van der Waals surface area contributed by atoms with Gasteiger partial charge >= 0.3 is 10.1 Å². The topological polar surface area (TPSA) is 102 Å². The van der Waals surface area contributed by atoms with E-state index < -0.39 is 20.0 Å². The number of hydrogen-bond donors (Lipinski definition) is 2. The zero-order valence-corrected chi connectivity index (χ0v) is 14.2. The summed E-state index contributed by atoms with van der Waals surface area (Å²) in [4.78, 5) is 0. The first kappa shape index (κ1) is 19.7. The molecule has 0 saturated heterocycles. The molecule has 21 heavy (non-hydrogen) atoms. The van der Waals surface area contributed by atoms with Crippen molar-refractivity contribution < 1.29 is 21.0 Å². The third-order valence-corrected chi connectivity index (χ3v) is 2.28. The van der Waals surface area contributed by atoms with Crippen molar-refractivity contribution in [3.63, 3.8) is 0 Å². The van der Waals surface area contributed by atoms with Crippen LogP contribution in [0.3, 0.4) is 0 Å². The molecule has 0 radical (unpaired) electrons. The molecule has 9 heteroatoms. The zero-order chi connectivity index (χ0) is 16.5. The number of likely N-dealkylation sites (N-methyl/N-ethyl adjacent to an activating group) is 1. The van der Waals surface area contributed by atoms with E-state index in [0.29, 0.717) is 5.75 Å². The number of sulfone groups is 1. The predicted molar refractivity (Wildman–Crippen MR) is 85.1 cm³/mol. The number of anilines is 1. The van der Waals surface area contributed by atoms with Crippen LogP contribution in [-0.2, 0) is 20.0 Å². The Labute approximate surface area is 126 Å². The van der Waals surface area contributed by atoms with E-state index in [9.17, 15) is 16.8 Å². The van der Waals surface area contributed by atoms with E-state index in [0.717, 1.165) is 37.5 Å². The van der Waals surface area contributed by atoms with Gasteiger partial charge in [-0.15, -0.1) is 0 Å². The van der Waals surface area contributed by atoms with Gasteiger partial charge < -0.3 is 14.8 Å². The highest BCUT2D eigenvalue weighted by Crippen LogP contribution is 2.18. The van der Waals surface area contributed by atoms with Crippen molar-refractivity contribution in [1.29, 1.82) is 0 Å². The summed E-state index contributed by atoms with van der Waals surface area (Å²) in [5, 5.41) is 6.14. The maximum absolute atomic E-state index is 10.9. The minimum absolute atomic E-state index is 0.317. The quantitative estimate of drug-likeness (QED) is 0.569. The second-order valence-corrected chi connectivity index (χ2v) is 8.35. The summed E-state index contributed by atoms with van der Waals surface area (Å²) in [7, 11) is -4.26. The fourth-order valence-corrected chi connectivity index (χ4v) is 1.62. The van der Waals surface area contributed by atoms with Crippen LogP contribution in [-0.4, -0.2) is 55.7 Å². The Hall–Kier alpha value is -1.32. The minimum atomic E-state index is -3.46. The Morgan fingerprint density at radius 3 is 2.10 bits per heavy atom. The lowest BCUT2D eigenvalue weighted by Gasteiger charge is -2.08. The van der Waals surface area contributed by atoms with Crippen molar-refractivity contribution in [1.82, 2.24) is 5.32 Å². The van der Waals surface area contributed by atoms with Gasteiger partial charge in [0.2, 0.25) is 0 Å². The molecule has 122 valence electrons. The van der Waals surface area contributed by atoms with E-state index in [1.54, 1.807) is 18.2 Å². The van der Waals surface area contributed by atoms with Gasteiger partial charge in [0.05, 0.1) is 6.26 Å². The summed E-state index contributed by atoms with van der Waals surface area (Å²) in [6, 6.07) is 6.84. The number of benzene rings is 1. The van der Waals surface area contributed by atoms with E-state index in [2.05, 4.69) is 10.6 Å². The summed E-state index contributed by atoms with van der Waals surface area (Å²) in [6.07, 6.45) is 3.34. The first-order valence-corrected chi connectivity index (χ1v) is 10.2. The zero-order valence-electron chi connectivity index (χ0n) is 12.6. The summed E-state index contributed by atoms with van der Waals surface area (Å²) in [5.74, 6) is 0.317. The van der Waals surface area contributed by atoms with E-state index in [1.807, 2.05) is 13.1 Å². The molecule has 0 spiro atoms. The van der Waals surface area contributed by atoms with Crippen LogP contribution in [0, 0.1) is 0 Å². The third-order valence-electron chi connectivity index (χ3n) is 1.79. The lowest BCUT2D eigenvalue weighted by molar-refractivity contribution is 0.493. The molecule has 0 aliphatic heterocycles. The molecule has 0 atom stereocenters. The monoisotopic (exact) mass is 338 g/mol. The average molecular weight is 338 g/mol. The maximum Gasteiger partial charge on any atom is 0.306 e. The van der Waals surface area contributed by atoms with E-state index in [1.165, 1.54) is 0 Å². The molecular formula is C12H22N2O5S2. The molecule has 7 nitrogen and oxygen atoms in total. The van der Waals surface area contributed by atoms with Crippen molar-refractivity contribution in [3.8, 4) is 5.75 Å². The lowest BCUT2D eigenvalue weighted by Crippen LogP contribution is -2.17. The number of hydrogen-bond acceptors (Lipinski definition) is 7. The fraction of sp³-hybridized carbons (Fsp3) is 0.500. The van der Waals surface area contributed by atoms with Crippen LogP contribution in [0.5, 0.6) is 5.75 Å². The highest BCUT2D eigenvalue weighted by atomic mass is 32.2. The Balaban J connectivity index is 0.000000690. The van der Waals surface area contributed by atoms with Gasteiger partial charge in [-0.25, -0.2) is 8.42 Å². The van der Waals surface area contributed by atoms with Gasteiger partial charge in [-0.3, -0.25) is 0 Å². The summed E-state index contributed by atoms with van der Waals surface area (Å²) in [6.45, 7) is 1.59. The van der Waals surface area contributed by atoms with Gasteiger partial charge in [-0.05, 0) is 19.2 Å². The van der Waals surface area contributed by atoms with Gasteiger partial charge in [-0.2, -0.15) is 8.42 Å². The molecule has 0 aliphatic rings. The molecule has 0 saturated carbocycles. The second kappa shape index (κ2) is 8.85. The van der Waals surface area contributed by atoms with Gasteiger partial charge in [0.25, 0.3) is 0 Å². The maximum atomic E-state index is 10.9. The molecule has 0 amide bonds. The summed E-state index contributed by atoms with van der Waals surface area (Å²) < 4.78 is 45.9. The molecule has 0 aromatic heterocycles. The van der Waals surface area contributed by atoms with Crippen molar-refractivity contribution in [2.75, 3.05) is 44.2 Å². The Kier molecular flexibility index (Phi) is 8.30. The average Bonchev–Trinajstić information content (AvgIpc) is 2.25. The molecule has 1 aromatic carbocycles. The molecule has 0 bridgehead atoms. The molecule has 2 N–H and O–H groups in total. The molecule has 0 heterocycles. The SMILES string of the molecule is CNCCNc1cccc(OS(C)(=O)=O)c1.CS(C)(=O)=O. The van der Waals surface area contributed by atoms with Gasteiger partial charge in [0.1, 0.15) is 15.6 Å². The molecule has 1 rings (SSSR count). The summed E-state index contributed by atoms with van der Waals surface area (Å²) >= 11 is 0. The first-order valence-electron chi connectivity index (χ1n) is 6.04. The first-order chi connectivity index (χ1) is 9.51. The van der Waals surface area contributed by atoms with Crippen LogP contribution in [0.2, 0.25) is 0 Å². The minimum Gasteiger partial charge on any atom is -0.384 e. The third kappa shape index (κ3) is 14.9. The van der Waals surface area contributed by atoms with Crippen molar-refractivity contribution in [2.24, 2.45) is 0 Å². The number of nitrogens with one attached hydrogen (secondary N) is 2. The normalized spacial score (nSPS) is 11.2. The standard InChI is InChI=1S/C10H16N2O3S.C2H6O2S/c1-11-6-7-12-9-4-3-5-10(8-9)15-16(2,13)14;1-5(2,3)4/h3-5,8,11-12H,6-7H2,1-2H3;1-2H3. The van der Waals surface area contributed by atoms with Crippen molar-refractivity contribution in [2.45, 2.75) is 0 Å². The summed E-state index contributed by atoms with van der Waals surface area (Å²) in [5.41, 5.74) is 0.830. The Morgan fingerprint density at radius 2 is 1.62 bits per heavy atom. The van der Waals surface area contributed by atoms with E-state index in [4.69, 9.17) is 4.18 Å². The van der Waals surface area contributed by atoms with Crippen molar-refractivity contribution >= 4 is 25.6 Å². The molecular weight excluding hydrogens is 316 g/mol. The van der Waals surface area contributed by atoms with Gasteiger partial charge in [0.15, 0.2) is 0 Å². The van der Waals surface area contributed by atoms with E-state index in [-0.39, 0.29) is 0 Å². The van der Waals surface area contributed by atoms with Crippen molar-refractivity contribution in [3.05, 3.63) is 24.3 Å². The van der Waals surface area contributed by atoms with Crippen LogP contribution in [0.4, 0.5) is 5.69 Å². The smallest absolute Gasteiger partial charge is 0.306 e. The van der Waals surface area contributed by atoms with Crippen LogP contribution in [0.1, 0.15) is 0 Å². The predicted octanol–water partition coefficient (Wildman–Crippen LogP) is 0.317. The second-order valence-electron chi connectivity index (χ2n) is 4.49. The highest BCUT2D eigenvalue weighted by Gasteiger charge is 2.04. The Bertz CT molecular complexity index is 619. The molecule has 0 aliphatic carbocycles. The highest BCUT2D eigenvalue weighted by molar-refractivity contribution is 7.89. The largest absolute Gasteiger partial charge is 0.384 e. The van der Waals surface area contributed by atoms with E-state index >= 15 is 0 Å². The molecule has 0 unspecified atom stereocenters. The Morgan fingerprint density at radius 1 is 1.05 bits per heavy atom. The number of rotatable bonds is 6.